The molecule has 1 atom stereocenters. The lowest BCUT2D eigenvalue weighted by Crippen LogP contribution is -2.32. The number of rotatable bonds is 4. The van der Waals surface area contributed by atoms with Gasteiger partial charge in [0.15, 0.2) is 0 Å². The highest BCUT2D eigenvalue weighted by molar-refractivity contribution is 9.10. The molecule has 0 aliphatic heterocycles. The molecule has 0 aromatic carbocycles. The van der Waals surface area contributed by atoms with Gasteiger partial charge in [-0.15, -0.1) is 0 Å². The average Bonchev–Trinajstić information content (AvgIpc) is 2.29. The summed E-state index contributed by atoms with van der Waals surface area (Å²) in [7, 11) is -1.21. The van der Waals surface area contributed by atoms with Gasteiger partial charge in [0.1, 0.15) is 9.84 Å². The van der Waals surface area contributed by atoms with Crippen LogP contribution in [0.5, 0.6) is 0 Å². The van der Waals surface area contributed by atoms with Crippen LogP contribution in [0.2, 0.25) is 0 Å². The Balaban J connectivity index is 2.81. The van der Waals surface area contributed by atoms with E-state index in [1.807, 2.05) is 14.0 Å². The van der Waals surface area contributed by atoms with Gasteiger partial charge in [0.25, 0.3) is 0 Å². The van der Waals surface area contributed by atoms with E-state index in [-0.39, 0.29) is 5.75 Å². The molecule has 1 heterocycles. The molecule has 0 aliphatic carbocycles. The van der Waals surface area contributed by atoms with Crippen LogP contribution < -0.4 is 5.73 Å². The molecule has 0 fully saturated rings. The van der Waals surface area contributed by atoms with E-state index in [2.05, 4.69) is 21.0 Å². The molecule has 92 valence electrons. The van der Waals surface area contributed by atoms with Gasteiger partial charge >= 0.3 is 0 Å². The predicted molar refractivity (Wildman–Crippen MR) is 67.0 cm³/mol. The third kappa shape index (κ3) is 3.57. The van der Waals surface area contributed by atoms with E-state index in [0.717, 1.165) is 15.9 Å². The Hall–Kier alpha value is -0.400. The third-order valence-electron chi connectivity index (χ3n) is 2.23. The van der Waals surface area contributed by atoms with Crippen LogP contribution in [-0.2, 0) is 23.3 Å². The lowest BCUT2D eigenvalue weighted by Gasteiger charge is -2.10. The maximum absolute atomic E-state index is 11.1. The normalized spacial score (nSPS) is 14.1. The van der Waals surface area contributed by atoms with Crippen LogP contribution >= 0.6 is 15.9 Å². The SMILES string of the molecule is Cc1nn(C)c(CC(N)CS(C)(=O)=O)c1Br. The van der Waals surface area contributed by atoms with Crippen molar-refractivity contribution in [2.75, 3.05) is 12.0 Å². The number of aromatic nitrogens is 2. The summed E-state index contributed by atoms with van der Waals surface area (Å²) in [4.78, 5) is 0. The minimum Gasteiger partial charge on any atom is -0.326 e. The molecule has 0 aliphatic rings. The van der Waals surface area contributed by atoms with Crippen molar-refractivity contribution in [2.45, 2.75) is 19.4 Å². The Morgan fingerprint density at radius 1 is 1.56 bits per heavy atom. The van der Waals surface area contributed by atoms with E-state index >= 15 is 0 Å². The van der Waals surface area contributed by atoms with Crippen LogP contribution in [0.1, 0.15) is 11.4 Å². The third-order valence-corrected chi connectivity index (χ3v) is 4.30. The number of aryl methyl sites for hydroxylation is 2. The molecular weight excluding hydrogens is 294 g/mol. The number of hydrogen-bond acceptors (Lipinski definition) is 4. The molecule has 16 heavy (non-hydrogen) atoms. The molecule has 0 saturated carbocycles. The Kier molecular flexibility index (Phi) is 4.14. The lowest BCUT2D eigenvalue weighted by atomic mass is 10.2. The second-order valence-electron chi connectivity index (χ2n) is 4.03. The van der Waals surface area contributed by atoms with Gasteiger partial charge in [0.2, 0.25) is 0 Å². The van der Waals surface area contributed by atoms with E-state index in [1.54, 1.807) is 4.68 Å². The van der Waals surface area contributed by atoms with Crippen molar-refractivity contribution in [3.05, 3.63) is 15.9 Å². The molecule has 1 unspecified atom stereocenters. The molecule has 1 aromatic rings. The van der Waals surface area contributed by atoms with Gasteiger partial charge in [0.05, 0.1) is 21.6 Å². The van der Waals surface area contributed by atoms with Crippen LogP contribution in [0.3, 0.4) is 0 Å². The minimum absolute atomic E-state index is 0.0103. The fourth-order valence-electron chi connectivity index (χ4n) is 1.60. The van der Waals surface area contributed by atoms with Gasteiger partial charge in [-0.1, -0.05) is 0 Å². The fraction of sp³-hybridized carbons (Fsp3) is 0.667. The highest BCUT2D eigenvalue weighted by atomic mass is 79.9. The number of hydrogen-bond donors (Lipinski definition) is 1. The van der Waals surface area contributed by atoms with Crippen molar-refractivity contribution in [3.8, 4) is 0 Å². The Labute approximate surface area is 104 Å². The van der Waals surface area contributed by atoms with Crippen molar-refractivity contribution in [2.24, 2.45) is 12.8 Å². The maximum atomic E-state index is 11.1. The molecule has 0 spiro atoms. The highest BCUT2D eigenvalue weighted by Gasteiger charge is 2.17. The number of nitrogens with two attached hydrogens (primary N) is 1. The van der Waals surface area contributed by atoms with E-state index in [9.17, 15) is 8.42 Å². The Bertz CT molecular complexity index is 481. The quantitative estimate of drug-likeness (QED) is 0.873. The standard InChI is InChI=1S/C9H16BrN3O2S/c1-6-9(10)8(13(2)12-6)4-7(11)5-16(3,14)15/h7H,4-5,11H2,1-3H3. The van der Waals surface area contributed by atoms with Gasteiger partial charge in [-0.25, -0.2) is 8.42 Å². The number of nitrogens with zero attached hydrogens (tertiary/aromatic N) is 2. The summed E-state index contributed by atoms with van der Waals surface area (Å²) < 4.78 is 24.8. The first-order valence-corrected chi connectivity index (χ1v) is 7.67. The van der Waals surface area contributed by atoms with Gasteiger partial charge in [-0.2, -0.15) is 5.10 Å². The zero-order chi connectivity index (χ0) is 12.5. The number of sulfone groups is 1. The fourth-order valence-corrected chi connectivity index (χ4v) is 2.99. The topological polar surface area (TPSA) is 78.0 Å². The highest BCUT2D eigenvalue weighted by Crippen LogP contribution is 2.21. The molecular formula is C9H16BrN3O2S. The average molecular weight is 310 g/mol. The first-order chi connectivity index (χ1) is 7.20. The van der Waals surface area contributed by atoms with Gasteiger partial charge in [0, 0.05) is 25.8 Å². The molecule has 1 rings (SSSR count). The molecule has 0 saturated heterocycles. The van der Waals surface area contributed by atoms with Gasteiger partial charge in [-0.05, 0) is 22.9 Å². The van der Waals surface area contributed by atoms with Gasteiger partial charge in [-0.3, -0.25) is 4.68 Å². The second-order valence-corrected chi connectivity index (χ2v) is 7.00. The van der Waals surface area contributed by atoms with Crippen LogP contribution in [0, 0.1) is 6.92 Å². The first-order valence-electron chi connectivity index (χ1n) is 4.82. The summed E-state index contributed by atoms with van der Waals surface area (Å²) in [5.74, 6) is -0.0103. The zero-order valence-corrected chi connectivity index (χ0v) is 12.0. The smallest absolute Gasteiger partial charge is 0.148 e. The molecule has 1 aromatic heterocycles. The van der Waals surface area contributed by atoms with Crippen molar-refractivity contribution < 1.29 is 8.42 Å². The minimum atomic E-state index is -3.03. The van der Waals surface area contributed by atoms with Gasteiger partial charge < -0.3 is 5.73 Å². The molecule has 7 heteroatoms. The number of halogens is 1. The monoisotopic (exact) mass is 309 g/mol. The van der Waals surface area contributed by atoms with E-state index in [0.29, 0.717) is 6.42 Å². The van der Waals surface area contributed by atoms with Crippen molar-refractivity contribution >= 4 is 25.8 Å². The summed E-state index contributed by atoms with van der Waals surface area (Å²) >= 11 is 3.42. The predicted octanol–water partition coefficient (Wildman–Crippen LogP) is 0.405. The van der Waals surface area contributed by atoms with E-state index < -0.39 is 15.9 Å². The molecule has 0 amide bonds. The van der Waals surface area contributed by atoms with Crippen molar-refractivity contribution in [1.29, 1.82) is 0 Å². The van der Waals surface area contributed by atoms with Crippen molar-refractivity contribution in [3.63, 3.8) is 0 Å². The first kappa shape index (κ1) is 13.7. The maximum Gasteiger partial charge on any atom is 0.148 e. The Morgan fingerprint density at radius 3 is 2.50 bits per heavy atom. The lowest BCUT2D eigenvalue weighted by molar-refractivity contribution is 0.586. The molecule has 5 nitrogen and oxygen atoms in total. The van der Waals surface area contributed by atoms with Crippen LogP contribution in [0.4, 0.5) is 0 Å². The van der Waals surface area contributed by atoms with Crippen LogP contribution in [-0.4, -0.2) is 36.2 Å². The molecule has 0 radical (unpaired) electrons. The van der Waals surface area contributed by atoms with Crippen LogP contribution in [0.25, 0.3) is 0 Å². The van der Waals surface area contributed by atoms with Crippen molar-refractivity contribution in [1.82, 2.24) is 9.78 Å². The van der Waals surface area contributed by atoms with Crippen LogP contribution in [0.15, 0.2) is 4.47 Å². The summed E-state index contributed by atoms with van der Waals surface area (Å²) in [5.41, 5.74) is 7.60. The Morgan fingerprint density at radius 2 is 2.12 bits per heavy atom. The second kappa shape index (κ2) is 4.85. The largest absolute Gasteiger partial charge is 0.326 e. The summed E-state index contributed by atoms with van der Waals surface area (Å²) in [5, 5.41) is 4.22. The van der Waals surface area contributed by atoms with E-state index in [4.69, 9.17) is 5.73 Å². The summed E-state index contributed by atoms with van der Waals surface area (Å²) in [6.45, 7) is 1.88. The zero-order valence-electron chi connectivity index (χ0n) is 9.57. The molecule has 2 N–H and O–H groups in total. The summed E-state index contributed by atoms with van der Waals surface area (Å²) in [6, 6.07) is -0.402. The van der Waals surface area contributed by atoms with E-state index in [1.165, 1.54) is 6.26 Å². The molecule has 0 bridgehead atoms. The summed E-state index contributed by atoms with van der Waals surface area (Å²) in [6.07, 6.45) is 1.68.